The molecule has 0 fully saturated rings. The normalized spacial score (nSPS) is 12.7. The molecule has 0 aliphatic carbocycles. The van der Waals surface area contributed by atoms with Gasteiger partial charge < -0.3 is 28.4 Å². The van der Waals surface area contributed by atoms with Crippen LogP contribution >= 0.6 is 0 Å². The van der Waals surface area contributed by atoms with Gasteiger partial charge >= 0.3 is 11.9 Å². The zero-order valence-corrected chi connectivity index (χ0v) is 30.6. The molecule has 8 heteroatoms. The Labute approximate surface area is 283 Å². The molecular weight excluding hydrogens is 584 g/mol. The molecule has 0 heterocycles. The predicted octanol–water partition coefficient (Wildman–Crippen LogP) is 9.54. The Morgan fingerprint density at radius 1 is 0.370 bits per heavy atom. The minimum atomic E-state index is -1.18. The third-order valence-corrected chi connectivity index (χ3v) is 8.39. The van der Waals surface area contributed by atoms with Crippen LogP contribution in [0.4, 0.5) is 0 Å². The molecule has 0 aliphatic heterocycles. The van der Waals surface area contributed by atoms with Crippen LogP contribution in [0.1, 0.15) is 168 Å². The van der Waals surface area contributed by atoms with Gasteiger partial charge in [0.2, 0.25) is 0 Å². The van der Waals surface area contributed by atoms with E-state index in [2.05, 4.69) is 13.8 Å². The van der Waals surface area contributed by atoms with Gasteiger partial charge in [0.15, 0.2) is 12.2 Å². The van der Waals surface area contributed by atoms with Crippen LogP contribution in [0.15, 0.2) is 0 Å². The van der Waals surface area contributed by atoms with Gasteiger partial charge in [-0.05, 0) is 12.8 Å². The summed E-state index contributed by atoms with van der Waals surface area (Å²) in [5, 5.41) is 0. The lowest BCUT2D eigenvalue weighted by Gasteiger charge is -2.25. The Hall–Kier alpha value is -1.22. The maximum atomic E-state index is 13.1. The minimum Gasteiger partial charge on any atom is -0.461 e. The van der Waals surface area contributed by atoms with Crippen molar-refractivity contribution in [3.05, 3.63) is 0 Å². The SMILES string of the molecule is CCCCCCCCCCCCCCOC(C(=O)OCCOC)C(OCCCCCCCCCCCCCC)C(=O)OCCOC. The number of ether oxygens (including phenoxy) is 6. The summed E-state index contributed by atoms with van der Waals surface area (Å²) in [6, 6.07) is 0. The first-order valence-corrected chi connectivity index (χ1v) is 19.2. The van der Waals surface area contributed by atoms with Gasteiger partial charge in [-0.15, -0.1) is 0 Å². The number of methoxy groups -OCH3 is 2. The van der Waals surface area contributed by atoms with E-state index < -0.39 is 24.1 Å². The highest BCUT2D eigenvalue weighted by molar-refractivity contribution is 5.85. The maximum absolute atomic E-state index is 13.1. The molecule has 0 saturated heterocycles. The second-order valence-corrected chi connectivity index (χ2v) is 12.7. The lowest BCUT2D eigenvalue weighted by molar-refractivity contribution is -0.185. The van der Waals surface area contributed by atoms with Crippen molar-refractivity contribution in [1.29, 1.82) is 0 Å². The Kier molecular flexibility index (Phi) is 35.6. The van der Waals surface area contributed by atoms with Crippen LogP contribution in [0.3, 0.4) is 0 Å². The van der Waals surface area contributed by atoms with Gasteiger partial charge in [-0.1, -0.05) is 155 Å². The van der Waals surface area contributed by atoms with Crippen LogP contribution in [-0.2, 0) is 38.0 Å². The summed E-state index contributed by atoms with van der Waals surface area (Å²) in [6.07, 6.45) is 27.3. The molecule has 46 heavy (non-hydrogen) atoms. The quantitative estimate of drug-likeness (QED) is 0.0482. The van der Waals surface area contributed by atoms with Gasteiger partial charge in [0.05, 0.1) is 13.2 Å². The van der Waals surface area contributed by atoms with Crippen molar-refractivity contribution in [2.24, 2.45) is 0 Å². The first kappa shape index (κ1) is 44.8. The highest BCUT2D eigenvalue weighted by atomic mass is 16.6. The summed E-state index contributed by atoms with van der Waals surface area (Å²) in [6.45, 7) is 5.91. The Morgan fingerprint density at radius 3 is 0.891 bits per heavy atom. The summed E-state index contributed by atoms with van der Waals surface area (Å²) in [4.78, 5) is 26.1. The van der Waals surface area contributed by atoms with Crippen LogP contribution in [-0.4, -0.2) is 78.0 Å². The van der Waals surface area contributed by atoms with Crippen LogP contribution in [0.2, 0.25) is 0 Å². The molecule has 2 unspecified atom stereocenters. The summed E-state index contributed by atoms with van der Waals surface area (Å²) < 4.78 is 32.8. The predicted molar refractivity (Wildman–Crippen MR) is 187 cm³/mol. The fourth-order valence-corrected chi connectivity index (χ4v) is 5.48. The smallest absolute Gasteiger partial charge is 0.338 e. The van der Waals surface area contributed by atoms with Gasteiger partial charge in [0.1, 0.15) is 13.2 Å². The monoisotopic (exact) mass is 659 g/mol. The van der Waals surface area contributed by atoms with Crippen molar-refractivity contribution >= 4 is 11.9 Å². The highest BCUT2D eigenvalue weighted by Crippen LogP contribution is 2.16. The second-order valence-electron chi connectivity index (χ2n) is 12.7. The largest absolute Gasteiger partial charge is 0.461 e. The molecule has 8 nitrogen and oxygen atoms in total. The van der Waals surface area contributed by atoms with Crippen molar-refractivity contribution in [1.82, 2.24) is 0 Å². The summed E-state index contributed by atoms with van der Waals surface area (Å²) in [5.74, 6) is -1.25. The van der Waals surface area contributed by atoms with Crippen LogP contribution in [0.25, 0.3) is 0 Å². The molecule has 0 radical (unpaired) electrons. The van der Waals surface area contributed by atoms with Crippen LogP contribution in [0, 0.1) is 0 Å². The summed E-state index contributed by atoms with van der Waals surface area (Å²) in [7, 11) is 3.09. The number of rotatable bonds is 37. The van der Waals surface area contributed by atoms with Crippen molar-refractivity contribution < 1.29 is 38.0 Å². The second kappa shape index (κ2) is 36.6. The molecule has 0 amide bonds. The molecule has 0 spiro atoms. The maximum Gasteiger partial charge on any atom is 0.338 e. The van der Waals surface area contributed by atoms with Gasteiger partial charge in [-0.2, -0.15) is 0 Å². The minimum absolute atomic E-state index is 0.0813. The number of hydrogen-bond donors (Lipinski definition) is 0. The van der Waals surface area contributed by atoms with E-state index in [0.717, 1.165) is 38.5 Å². The fraction of sp³-hybridized carbons (Fsp3) is 0.947. The standard InChI is InChI=1S/C38H74O8/c1-5-7-9-11-13-15-17-19-21-23-25-27-29-43-35(37(39)45-33-31-41-3)36(38(40)46-34-32-42-4)44-30-28-26-24-22-20-18-16-14-12-10-8-6-2/h35-36H,5-34H2,1-4H3. The number of hydrogen-bond acceptors (Lipinski definition) is 8. The summed E-state index contributed by atoms with van der Waals surface area (Å²) in [5.41, 5.74) is 0. The van der Waals surface area contributed by atoms with Crippen molar-refractivity contribution in [2.75, 3.05) is 53.9 Å². The van der Waals surface area contributed by atoms with Gasteiger partial charge in [0.25, 0.3) is 0 Å². The van der Waals surface area contributed by atoms with E-state index in [1.807, 2.05) is 0 Å². The van der Waals surface area contributed by atoms with Gasteiger partial charge in [0, 0.05) is 27.4 Å². The highest BCUT2D eigenvalue weighted by Gasteiger charge is 2.38. The lowest BCUT2D eigenvalue weighted by atomic mass is 10.1. The summed E-state index contributed by atoms with van der Waals surface area (Å²) >= 11 is 0. The van der Waals surface area contributed by atoms with Crippen molar-refractivity contribution in [3.8, 4) is 0 Å². The number of esters is 2. The molecule has 0 aromatic carbocycles. The topological polar surface area (TPSA) is 89.5 Å². The van der Waals surface area contributed by atoms with E-state index in [4.69, 9.17) is 28.4 Å². The van der Waals surface area contributed by atoms with Gasteiger partial charge in [-0.3, -0.25) is 0 Å². The molecule has 0 aromatic rings. The average molecular weight is 659 g/mol. The van der Waals surface area contributed by atoms with Crippen LogP contribution in [0.5, 0.6) is 0 Å². The Morgan fingerprint density at radius 2 is 0.630 bits per heavy atom. The molecule has 274 valence electrons. The van der Waals surface area contributed by atoms with E-state index in [1.165, 1.54) is 116 Å². The first-order chi connectivity index (χ1) is 22.6. The van der Waals surface area contributed by atoms with E-state index >= 15 is 0 Å². The van der Waals surface area contributed by atoms with Crippen molar-refractivity contribution in [3.63, 3.8) is 0 Å². The third-order valence-electron chi connectivity index (χ3n) is 8.39. The van der Waals surface area contributed by atoms with E-state index in [9.17, 15) is 9.59 Å². The van der Waals surface area contributed by atoms with E-state index in [0.29, 0.717) is 13.2 Å². The molecule has 0 bridgehead atoms. The van der Waals surface area contributed by atoms with Crippen molar-refractivity contribution in [2.45, 2.75) is 180 Å². The van der Waals surface area contributed by atoms with E-state index in [-0.39, 0.29) is 26.4 Å². The molecule has 0 aromatic heterocycles. The average Bonchev–Trinajstić information content (AvgIpc) is 3.05. The van der Waals surface area contributed by atoms with Gasteiger partial charge in [-0.25, -0.2) is 9.59 Å². The molecular formula is C38H74O8. The molecule has 0 saturated carbocycles. The van der Waals surface area contributed by atoms with Crippen LogP contribution < -0.4 is 0 Å². The zero-order chi connectivity index (χ0) is 33.8. The van der Waals surface area contributed by atoms with E-state index in [1.54, 1.807) is 14.2 Å². The molecule has 0 rings (SSSR count). The molecule has 2 atom stereocenters. The lowest BCUT2D eigenvalue weighted by Crippen LogP contribution is -2.46. The zero-order valence-electron chi connectivity index (χ0n) is 30.6. The number of carbonyl (C=O) groups is 2. The fourth-order valence-electron chi connectivity index (χ4n) is 5.48. The molecule has 0 N–H and O–H groups in total. The molecule has 0 aliphatic rings. The number of carbonyl (C=O) groups excluding carboxylic acids is 2. The Balaban J connectivity index is 4.65. The first-order valence-electron chi connectivity index (χ1n) is 19.2. The Bertz CT molecular complexity index is 590. The third kappa shape index (κ3) is 29.0. The number of unbranched alkanes of at least 4 members (excludes halogenated alkanes) is 22.